The second-order valence-electron chi connectivity index (χ2n) is 4.30. The van der Waals surface area contributed by atoms with E-state index in [-0.39, 0.29) is 5.91 Å². The van der Waals surface area contributed by atoms with Crippen molar-refractivity contribution in [1.29, 1.82) is 0 Å². The smallest absolute Gasteiger partial charge is 0.253 e. The van der Waals surface area contributed by atoms with Gasteiger partial charge in [0.2, 0.25) is 0 Å². The van der Waals surface area contributed by atoms with E-state index in [0.717, 1.165) is 25.9 Å². The Morgan fingerprint density at radius 2 is 1.94 bits per heavy atom. The third-order valence-electron chi connectivity index (χ3n) is 3.10. The zero-order chi connectivity index (χ0) is 12.3. The van der Waals surface area contributed by atoms with Gasteiger partial charge in [-0.3, -0.25) is 10.6 Å². The summed E-state index contributed by atoms with van der Waals surface area (Å²) in [5.41, 5.74) is 10.0. The van der Waals surface area contributed by atoms with Gasteiger partial charge in [0.25, 0.3) is 5.91 Å². The number of carbonyl (C=O) groups excluding carboxylic acids is 1. The summed E-state index contributed by atoms with van der Waals surface area (Å²) in [6.45, 7) is 1.69. The van der Waals surface area contributed by atoms with E-state index < -0.39 is 0 Å². The number of nitrogen functional groups attached to an aromatic ring is 2. The fourth-order valence-corrected chi connectivity index (χ4v) is 2.11. The number of carbonyl (C=O) groups is 1. The molecule has 0 spiro atoms. The average Bonchev–Trinajstić information content (AvgIpc) is 2.39. The molecule has 1 aromatic rings. The molecule has 5 nitrogen and oxygen atoms in total. The van der Waals surface area contributed by atoms with Crippen molar-refractivity contribution in [2.75, 3.05) is 24.2 Å². The molecule has 1 aliphatic rings. The van der Waals surface area contributed by atoms with Crippen LogP contribution in [0.4, 0.5) is 11.4 Å². The van der Waals surface area contributed by atoms with Gasteiger partial charge in [-0.25, -0.2) is 0 Å². The monoisotopic (exact) mass is 234 g/mol. The maximum atomic E-state index is 12.2. The predicted molar refractivity (Wildman–Crippen MR) is 68.4 cm³/mol. The van der Waals surface area contributed by atoms with Crippen LogP contribution in [-0.4, -0.2) is 23.9 Å². The Balaban J connectivity index is 2.16. The van der Waals surface area contributed by atoms with Gasteiger partial charge in [-0.05, 0) is 37.5 Å². The van der Waals surface area contributed by atoms with Crippen molar-refractivity contribution in [3.8, 4) is 0 Å². The number of benzene rings is 1. The van der Waals surface area contributed by atoms with E-state index in [9.17, 15) is 4.79 Å². The van der Waals surface area contributed by atoms with Crippen molar-refractivity contribution in [3.63, 3.8) is 0 Å². The minimum absolute atomic E-state index is 0.0555. The number of hydrazine groups is 1. The summed E-state index contributed by atoms with van der Waals surface area (Å²) in [6.07, 6.45) is 3.38. The fraction of sp³-hybridized carbons (Fsp3) is 0.417. The molecule has 1 aromatic carbocycles. The Kier molecular flexibility index (Phi) is 3.49. The van der Waals surface area contributed by atoms with Gasteiger partial charge in [-0.2, -0.15) is 0 Å². The van der Waals surface area contributed by atoms with Crippen molar-refractivity contribution < 1.29 is 4.79 Å². The third kappa shape index (κ3) is 2.50. The highest BCUT2D eigenvalue weighted by Gasteiger charge is 2.18. The molecule has 0 aliphatic carbocycles. The van der Waals surface area contributed by atoms with Gasteiger partial charge >= 0.3 is 0 Å². The Hall–Kier alpha value is -1.75. The molecule has 5 heteroatoms. The molecule has 1 aliphatic heterocycles. The third-order valence-corrected chi connectivity index (χ3v) is 3.10. The number of piperidine rings is 1. The molecular weight excluding hydrogens is 216 g/mol. The van der Waals surface area contributed by atoms with E-state index in [1.165, 1.54) is 6.42 Å². The summed E-state index contributed by atoms with van der Waals surface area (Å²) >= 11 is 0. The van der Waals surface area contributed by atoms with Crippen molar-refractivity contribution in [2.24, 2.45) is 5.84 Å². The van der Waals surface area contributed by atoms with Gasteiger partial charge in [-0.15, -0.1) is 0 Å². The first-order chi connectivity index (χ1) is 8.22. The van der Waals surface area contributed by atoms with Crippen molar-refractivity contribution >= 4 is 17.3 Å². The zero-order valence-electron chi connectivity index (χ0n) is 9.78. The molecule has 17 heavy (non-hydrogen) atoms. The summed E-state index contributed by atoms with van der Waals surface area (Å²) in [7, 11) is 0. The normalized spacial score (nSPS) is 15.7. The van der Waals surface area contributed by atoms with Crippen LogP contribution in [0.25, 0.3) is 0 Å². The van der Waals surface area contributed by atoms with Gasteiger partial charge < -0.3 is 16.1 Å². The SMILES string of the molecule is NNc1ccc(C(=O)N2CCCCC2)cc1N. The number of hydrogen-bond donors (Lipinski definition) is 3. The maximum absolute atomic E-state index is 12.2. The van der Waals surface area contributed by atoms with E-state index in [2.05, 4.69) is 5.43 Å². The van der Waals surface area contributed by atoms with E-state index in [1.807, 2.05) is 4.90 Å². The Morgan fingerprint density at radius 1 is 1.24 bits per heavy atom. The predicted octanol–water partition coefficient (Wildman–Crippen LogP) is 1.18. The molecule has 0 radical (unpaired) electrons. The van der Waals surface area contributed by atoms with Crippen LogP contribution in [0.3, 0.4) is 0 Å². The molecule has 0 aromatic heterocycles. The lowest BCUT2D eigenvalue weighted by Gasteiger charge is -2.26. The van der Waals surface area contributed by atoms with Gasteiger partial charge in [0, 0.05) is 18.7 Å². The number of anilines is 2. The molecule has 5 N–H and O–H groups in total. The molecule has 0 saturated carbocycles. The molecule has 1 saturated heterocycles. The van der Waals surface area contributed by atoms with Gasteiger partial charge in [0.15, 0.2) is 0 Å². The fourth-order valence-electron chi connectivity index (χ4n) is 2.11. The van der Waals surface area contributed by atoms with Crippen molar-refractivity contribution in [1.82, 2.24) is 4.90 Å². The van der Waals surface area contributed by atoms with Gasteiger partial charge in [0.1, 0.15) is 0 Å². The molecule has 1 amide bonds. The number of nitrogens with two attached hydrogens (primary N) is 2. The highest BCUT2D eigenvalue weighted by Crippen LogP contribution is 2.20. The van der Waals surface area contributed by atoms with Crippen LogP contribution in [0.2, 0.25) is 0 Å². The van der Waals surface area contributed by atoms with Gasteiger partial charge in [0.05, 0.1) is 11.4 Å². The van der Waals surface area contributed by atoms with E-state index in [4.69, 9.17) is 11.6 Å². The van der Waals surface area contributed by atoms with Crippen LogP contribution in [0, 0.1) is 0 Å². The standard InChI is InChI=1S/C12H18N4O/c13-10-8-9(4-5-11(10)15-14)12(17)16-6-2-1-3-7-16/h4-5,8,15H,1-3,6-7,13-14H2. The van der Waals surface area contributed by atoms with Crippen LogP contribution in [-0.2, 0) is 0 Å². The Morgan fingerprint density at radius 3 is 2.53 bits per heavy atom. The van der Waals surface area contributed by atoms with E-state index >= 15 is 0 Å². The van der Waals surface area contributed by atoms with E-state index in [0.29, 0.717) is 16.9 Å². The molecule has 0 bridgehead atoms. The summed E-state index contributed by atoms with van der Waals surface area (Å²) in [6, 6.07) is 5.15. The molecule has 1 heterocycles. The Bertz CT molecular complexity index is 413. The number of nitrogens with one attached hydrogen (secondary N) is 1. The lowest BCUT2D eigenvalue weighted by molar-refractivity contribution is 0.0724. The van der Waals surface area contributed by atoms with Gasteiger partial charge in [-0.1, -0.05) is 0 Å². The first-order valence-corrected chi connectivity index (χ1v) is 5.88. The molecule has 1 fully saturated rings. The number of hydrogen-bond acceptors (Lipinski definition) is 4. The summed E-state index contributed by atoms with van der Waals surface area (Å²) in [5, 5.41) is 0. The second kappa shape index (κ2) is 5.05. The molecule has 2 rings (SSSR count). The lowest BCUT2D eigenvalue weighted by atomic mass is 10.1. The average molecular weight is 234 g/mol. The summed E-state index contributed by atoms with van der Waals surface area (Å²) in [4.78, 5) is 14.1. The number of likely N-dealkylation sites (tertiary alicyclic amines) is 1. The summed E-state index contributed by atoms with van der Waals surface area (Å²) in [5.74, 6) is 5.35. The number of amides is 1. The highest BCUT2D eigenvalue weighted by atomic mass is 16.2. The maximum Gasteiger partial charge on any atom is 0.253 e. The largest absolute Gasteiger partial charge is 0.397 e. The van der Waals surface area contributed by atoms with E-state index in [1.54, 1.807) is 18.2 Å². The second-order valence-corrected chi connectivity index (χ2v) is 4.30. The van der Waals surface area contributed by atoms with Crippen LogP contribution in [0.5, 0.6) is 0 Å². The van der Waals surface area contributed by atoms with Crippen LogP contribution < -0.4 is 17.0 Å². The molecule has 92 valence electrons. The Labute approximate surface area is 101 Å². The highest BCUT2D eigenvalue weighted by molar-refractivity contribution is 5.96. The quantitative estimate of drug-likeness (QED) is 0.407. The first kappa shape index (κ1) is 11.7. The van der Waals surface area contributed by atoms with Crippen molar-refractivity contribution in [3.05, 3.63) is 23.8 Å². The van der Waals surface area contributed by atoms with Crippen LogP contribution in [0.1, 0.15) is 29.6 Å². The number of rotatable bonds is 2. The minimum atomic E-state index is 0.0555. The lowest BCUT2D eigenvalue weighted by Crippen LogP contribution is -2.35. The van der Waals surface area contributed by atoms with Crippen LogP contribution in [0.15, 0.2) is 18.2 Å². The van der Waals surface area contributed by atoms with Crippen LogP contribution >= 0.6 is 0 Å². The molecular formula is C12H18N4O. The number of nitrogens with zero attached hydrogens (tertiary/aromatic N) is 1. The van der Waals surface area contributed by atoms with Crippen molar-refractivity contribution in [2.45, 2.75) is 19.3 Å². The summed E-state index contributed by atoms with van der Waals surface area (Å²) < 4.78 is 0. The topological polar surface area (TPSA) is 84.4 Å². The zero-order valence-corrected chi connectivity index (χ0v) is 9.78. The molecule has 0 unspecified atom stereocenters. The molecule has 0 atom stereocenters. The minimum Gasteiger partial charge on any atom is -0.397 e. The first-order valence-electron chi connectivity index (χ1n) is 5.88.